The molecule has 1 fully saturated rings. The lowest BCUT2D eigenvalue weighted by atomic mass is 9.77. The second-order valence-corrected chi connectivity index (χ2v) is 6.87. The highest BCUT2D eigenvalue weighted by molar-refractivity contribution is 9.10. The summed E-state index contributed by atoms with van der Waals surface area (Å²) >= 11 is 3.68. The first kappa shape index (κ1) is 15.8. The molecule has 2 rings (SSSR count). The minimum atomic E-state index is 0.572. The zero-order valence-electron chi connectivity index (χ0n) is 12.7. The van der Waals surface area contributed by atoms with E-state index < -0.39 is 0 Å². The molecular formula is C17H26BrNO. The Labute approximate surface area is 131 Å². The van der Waals surface area contributed by atoms with Crippen molar-refractivity contribution in [3.63, 3.8) is 0 Å². The summed E-state index contributed by atoms with van der Waals surface area (Å²) in [5.74, 6) is 0.923. The summed E-state index contributed by atoms with van der Waals surface area (Å²) in [6.07, 6.45) is 9.41. The van der Waals surface area contributed by atoms with E-state index in [1.807, 2.05) is 0 Å². The van der Waals surface area contributed by atoms with Crippen LogP contribution in [0.4, 0.5) is 0 Å². The molecule has 0 unspecified atom stereocenters. The van der Waals surface area contributed by atoms with Crippen LogP contribution in [0.5, 0.6) is 5.75 Å². The summed E-state index contributed by atoms with van der Waals surface area (Å²) < 4.78 is 6.44. The van der Waals surface area contributed by atoms with E-state index in [1.54, 1.807) is 7.11 Å². The van der Waals surface area contributed by atoms with Crippen LogP contribution in [0.2, 0.25) is 0 Å². The quantitative estimate of drug-likeness (QED) is 0.786. The summed E-state index contributed by atoms with van der Waals surface area (Å²) in [5.41, 5.74) is 1.98. The van der Waals surface area contributed by atoms with Gasteiger partial charge in [0.2, 0.25) is 0 Å². The summed E-state index contributed by atoms with van der Waals surface area (Å²) in [7, 11) is 3.77. The minimum Gasteiger partial charge on any atom is -0.497 e. The Bertz CT molecular complexity index is 427. The molecule has 0 amide bonds. The number of benzene rings is 1. The Hall–Kier alpha value is -0.540. The molecule has 1 aliphatic carbocycles. The molecule has 0 aliphatic heterocycles. The van der Waals surface area contributed by atoms with Crippen molar-refractivity contribution in [1.29, 1.82) is 0 Å². The molecule has 0 aromatic heterocycles. The van der Waals surface area contributed by atoms with Gasteiger partial charge in [0.1, 0.15) is 5.75 Å². The van der Waals surface area contributed by atoms with Gasteiger partial charge in [0.15, 0.2) is 0 Å². The normalized spacial score (nSPS) is 17.4. The summed E-state index contributed by atoms with van der Waals surface area (Å²) in [6.45, 7) is 1.14. The molecule has 1 saturated carbocycles. The SMILES string of the molecule is CNCCC1(CCc2ccc(OC)cc2Br)CCCC1. The predicted molar refractivity (Wildman–Crippen MR) is 88.5 cm³/mol. The third-order valence-electron chi connectivity index (χ3n) is 4.75. The number of hydrogen-bond acceptors (Lipinski definition) is 2. The zero-order valence-corrected chi connectivity index (χ0v) is 14.3. The number of hydrogen-bond donors (Lipinski definition) is 1. The van der Waals surface area contributed by atoms with E-state index in [1.165, 1.54) is 48.6 Å². The van der Waals surface area contributed by atoms with Crippen LogP contribution < -0.4 is 10.1 Å². The molecule has 0 saturated heterocycles. The van der Waals surface area contributed by atoms with Gasteiger partial charge in [-0.2, -0.15) is 0 Å². The van der Waals surface area contributed by atoms with Gasteiger partial charge in [-0.05, 0) is 68.8 Å². The van der Waals surface area contributed by atoms with E-state index in [0.717, 1.165) is 18.7 Å². The van der Waals surface area contributed by atoms with Crippen LogP contribution in [0, 0.1) is 5.41 Å². The molecule has 112 valence electrons. The molecule has 0 spiro atoms. The maximum atomic E-state index is 5.26. The van der Waals surface area contributed by atoms with Crippen molar-refractivity contribution in [2.75, 3.05) is 20.7 Å². The van der Waals surface area contributed by atoms with Crippen LogP contribution >= 0.6 is 15.9 Å². The van der Waals surface area contributed by atoms with E-state index in [0.29, 0.717) is 5.41 Å². The minimum absolute atomic E-state index is 0.572. The molecule has 0 atom stereocenters. The van der Waals surface area contributed by atoms with Gasteiger partial charge in [0.05, 0.1) is 7.11 Å². The lowest BCUT2D eigenvalue weighted by Crippen LogP contribution is -2.23. The lowest BCUT2D eigenvalue weighted by molar-refractivity contribution is 0.247. The second kappa shape index (κ2) is 7.46. The number of aryl methyl sites for hydroxylation is 1. The predicted octanol–water partition coefficient (Wildman–Crippen LogP) is 4.56. The van der Waals surface area contributed by atoms with Crippen molar-refractivity contribution >= 4 is 15.9 Å². The van der Waals surface area contributed by atoms with Gasteiger partial charge >= 0.3 is 0 Å². The van der Waals surface area contributed by atoms with Crippen molar-refractivity contribution in [2.24, 2.45) is 5.41 Å². The molecule has 2 nitrogen and oxygen atoms in total. The first-order chi connectivity index (χ1) is 9.69. The topological polar surface area (TPSA) is 21.3 Å². The summed E-state index contributed by atoms with van der Waals surface area (Å²) in [4.78, 5) is 0. The van der Waals surface area contributed by atoms with Gasteiger partial charge < -0.3 is 10.1 Å². The van der Waals surface area contributed by atoms with Crippen LogP contribution in [0.15, 0.2) is 22.7 Å². The van der Waals surface area contributed by atoms with E-state index in [-0.39, 0.29) is 0 Å². The van der Waals surface area contributed by atoms with Crippen LogP contribution in [-0.4, -0.2) is 20.7 Å². The van der Waals surface area contributed by atoms with Gasteiger partial charge in [0, 0.05) is 4.47 Å². The fourth-order valence-electron chi connectivity index (χ4n) is 3.40. The molecule has 0 bridgehead atoms. The molecule has 1 N–H and O–H groups in total. The van der Waals surface area contributed by atoms with Gasteiger partial charge in [-0.25, -0.2) is 0 Å². The average molecular weight is 340 g/mol. The molecule has 0 heterocycles. The number of halogens is 1. The number of nitrogens with one attached hydrogen (secondary N) is 1. The third-order valence-corrected chi connectivity index (χ3v) is 5.49. The largest absolute Gasteiger partial charge is 0.497 e. The lowest BCUT2D eigenvalue weighted by Gasteiger charge is -2.29. The van der Waals surface area contributed by atoms with Crippen molar-refractivity contribution in [3.05, 3.63) is 28.2 Å². The summed E-state index contributed by atoms with van der Waals surface area (Å²) in [5, 5.41) is 3.32. The number of rotatable bonds is 7. The molecule has 1 aromatic carbocycles. The Kier molecular flexibility index (Phi) is 5.91. The Morgan fingerprint density at radius 2 is 2.00 bits per heavy atom. The van der Waals surface area contributed by atoms with E-state index in [2.05, 4.69) is 46.5 Å². The monoisotopic (exact) mass is 339 g/mol. The molecule has 20 heavy (non-hydrogen) atoms. The average Bonchev–Trinajstić information content (AvgIpc) is 2.93. The van der Waals surface area contributed by atoms with Crippen LogP contribution in [-0.2, 0) is 6.42 Å². The molecule has 1 aromatic rings. The van der Waals surface area contributed by atoms with Gasteiger partial charge in [-0.1, -0.05) is 34.8 Å². The Balaban J connectivity index is 1.98. The van der Waals surface area contributed by atoms with Crippen molar-refractivity contribution in [3.8, 4) is 5.75 Å². The van der Waals surface area contributed by atoms with Gasteiger partial charge in [-0.15, -0.1) is 0 Å². The fraction of sp³-hybridized carbons (Fsp3) is 0.647. The zero-order chi connectivity index (χ0) is 14.4. The molecule has 1 aliphatic rings. The standard InChI is InChI=1S/C17H26BrNO/c1-19-12-11-17(8-3-4-9-17)10-7-14-5-6-15(20-2)13-16(14)18/h5-6,13,19H,3-4,7-12H2,1-2H3. The molecular weight excluding hydrogens is 314 g/mol. The Morgan fingerprint density at radius 1 is 1.25 bits per heavy atom. The van der Waals surface area contributed by atoms with E-state index in [9.17, 15) is 0 Å². The third kappa shape index (κ3) is 3.98. The number of methoxy groups -OCH3 is 1. The maximum absolute atomic E-state index is 5.26. The van der Waals surface area contributed by atoms with Crippen LogP contribution in [0.25, 0.3) is 0 Å². The van der Waals surface area contributed by atoms with Crippen molar-refractivity contribution in [1.82, 2.24) is 5.32 Å². The van der Waals surface area contributed by atoms with Gasteiger partial charge in [-0.3, -0.25) is 0 Å². The highest BCUT2D eigenvalue weighted by atomic mass is 79.9. The highest BCUT2D eigenvalue weighted by Gasteiger charge is 2.32. The van der Waals surface area contributed by atoms with Crippen LogP contribution in [0.3, 0.4) is 0 Å². The summed E-state index contributed by atoms with van der Waals surface area (Å²) in [6, 6.07) is 6.34. The van der Waals surface area contributed by atoms with E-state index in [4.69, 9.17) is 4.74 Å². The molecule has 0 radical (unpaired) electrons. The van der Waals surface area contributed by atoms with Crippen LogP contribution in [0.1, 0.15) is 44.1 Å². The number of ether oxygens (including phenoxy) is 1. The first-order valence-electron chi connectivity index (χ1n) is 7.66. The van der Waals surface area contributed by atoms with Gasteiger partial charge in [0.25, 0.3) is 0 Å². The van der Waals surface area contributed by atoms with E-state index >= 15 is 0 Å². The smallest absolute Gasteiger partial charge is 0.120 e. The first-order valence-corrected chi connectivity index (χ1v) is 8.45. The van der Waals surface area contributed by atoms with Crippen molar-refractivity contribution in [2.45, 2.75) is 44.9 Å². The maximum Gasteiger partial charge on any atom is 0.120 e. The fourth-order valence-corrected chi connectivity index (χ4v) is 3.95. The highest BCUT2D eigenvalue weighted by Crippen LogP contribution is 2.45. The second-order valence-electron chi connectivity index (χ2n) is 6.02. The molecule has 3 heteroatoms. The van der Waals surface area contributed by atoms with Crippen molar-refractivity contribution < 1.29 is 4.74 Å². The Morgan fingerprint density at radius 3 is 2.60 bits per heavy atom.